The lowest BCUT2D eigenvalue weighted by Gasteiger charge is -2.06. The minimum Gasteiger partial charge on any atom is -0.361 e. The largest absolute Gasteiger partial charge is 0.361 e. The SMILES string of the molecule is O=C(Nc1ccc2[nH]ccc2c1)c1ncccc1Br. The van der Waals surface area contributed by atoms with Crippen LogP contribution < -0.4 is 5.32 Å². The third kappa shape index (κ3) is 2.37. The fourth-order valence-corrected chi connectivity index (χ4v) is 2.31. The third-order valence-corrected chi connectivity index (χ3v) is 3.42. The van der Waals surface area contributed by atoms with Crippen LogP contribution in [0.15, 0.2) is 53.3 Å². The van der Waals surface area contributed by atoms with Crippen LogP contribution in [0, 0.1) is 0 Å². The van der Waals surface area contributed by atoms with Crippen molar-refractivity contribution in [1.82, 2.24) is 9.97 Å². The van der Waals surface area contributed by atoms with Crippen LogP contribution in [-0.4, -0.2) is 15.9 Å². The standard InChI is InChI=1S/C14H10BrN3O/c15-11-2-1-6-17-13(11)14(19)18-10-3-4-12-9(8-10)5-7-16-12/h1-8,16H,(H,18,19). The second-order valence-electron chi connectivity index (χ2n) is 4.07. The molecule has 0 fully saturated rings. The summed E-state index contributed by atoms with van der Waals surface area (Å²) >= 11 is 3.32. The topological polar surface area (TPSA) is 57.8 Å². The van der Waals surface area contributed by atoms with E-state index in [0.29, 0.717) is 10.2 Å². The van der Waals surface area contributed by atoms with Crippen LogP contribution in [0.2, 0.25) is 0 Å². The first-order valence-electron chi connectivity index (χ1n) is 5.73. The van der Waals surface area contributed by atoms with Gasteiger partial charge in [-0.05, 0) is 52.3 Å². The molecule has 0 saturated heterocycles. The van der Waals surface area contributed by atoms with Crippen LogP contribution in [-0.2, 0) is 0 Å². The average Bonchev–Trinajstić information content (AvgIpc) is 2.86. The monoisotopic (exact) mass is 315 g/mol. The smallest absolute Gasteiger partial charge is 0.275 e. The number of hydrogen-bond donors (Lipinski definition) is 2. The molecule has 5 heteroatoms. The molecule has 2 aromatic heterocycles. The van der Waals surface area contributed by atoms with E-state index in [4.69, 9.17) is 0 Å². The Labute approximate surface area is 118 Å². The fraction of sp³-hybridized carbons (Fsp3) is 0. The maximum atomic E-state index is 12.1. The van der Waals surface area contributed by atoms with Crippen molar-refractivity contribution in [3.63, 3.8) is 0 Å². The zero-order valence-corrected chi connectivity index (χ0v) is 11.4. The van der Waals surface area contributed by atoms with Gasteiger partial charge in [-0.1, -0.05) is 0 Å². The summed E-state index contributed by atoms with van der Waals surface area (Å²) < 4.78 is 0.676. The molecule has 19 heavy (non-hydrogen) atoms. The molecule has 0 radical (unpaired) electrons. The van der Waals surface area contributed by atoms with Crippen LogP contribution in [0.1, 0.15) is 10.5 Å². The average molecular weight is 316 g/mol. The first-order valence-corrected chi connectivity index (χ1v) is 6.52. The van der Waals surface area contributed by atoms with Gasteiger partial charge in [-0.2, -0.15) is 0 Å². The summed E-state index contributed by atoms with van der Waals surface area (Å²) in [6, 6.07) is 11.2. The van der Waals surface area contributed by atoms with Crippen molar-refractivity contribution >= 4 is 38.4 Å². The maximum absolute atomic E-state index is 12.1. The van der Waals surface area contributed by atoms with Crippen molar-refractivity contribution in [3.8, 4) is 0 Å². The van der Waals surface area contributed by atoms with Gasteiger partial charge in [-0.25, -0.2) is 4.98 Å². The summed E-state index contributed by atoms with van der Waals surface area (Å²) in [5.41, 5.74) is 2.16. The predicted octanol–water partition coefficient (Wildman–Crippen LogP) is 3.58. The molecule has 0 aliphatic rings. The van der Waals surface area contributed by atoms with Crippen molar-refractivity contribution in [3.05, 3.63) is 59.0 Å². The van der Waals surface area contributed by atoms with Gasteiger partial charge < -0.3 is 10.3 Å². The highest BCUT2D eigenvalue weighted by Crippen LogP contribution is 2.19. The number of nitrogens with zero attached hydrogens (tertiary/aromatic N) is 1. The summed E-state index contributed by atoms with van der Waals surface area (Å²) in [5.74, 6) is -0.234. The summed E-state index contributed by atoms with van der Waals surface area (Å²) in [4.78, 5) is 19.3. The molecular formula is C14H10BrN3O. The number of benzene rings is 1. The van der Waals surface area contributed by atoms with Gasteiger partial charge in [0.05, 0.1) is 0 Å². The van der Waals surface area contributed by atoms with Crippen LogP contribution >= 0.6 is 15.9 Å². The second-order valence-corrected chi connectivity index (χ2v) is 4.92. The highest BCUT2D eigenvalue weighted by Gasteiger charge is 2.11. The minimum absolute atomic E-state index is 0.234. The molecule has 0 spiro atoms. The van der Waals surface area contributed by atoms with E-state index in [9.17, 15) is 4.79 Å². The number of halogens is 1. The number of anilines is 1. The Kier molecular flexibility index (Phi) is 3.05. The van der Waals surface area contributed by atoms with Crippen LogP contribution in [0.4, 0.5) is 5.69 Å². The molecule has 1 aromatic carbocycles. The number of hydrogen-bond acceptors (Lipinski definition) is 2. The third-order valence-electron chi connectivity index (χ3n) is 2.78. The van der Waals surface area contributed by atoms with Crippen molar-refractivity contribution in [2.45, 2.75) is 0 Å². The van der Waals surface area contributed by atoms with Crippen LogP contribution in [0.5, 0.6) is 0 Å². The number of pyridine rings is 1. The van der Waals surface area contributed by atoms with Crippen molar-refractivity contribution < 1.29 is 4.79 Å². The van der Waals surface area contributed by atoms with Crippen molar-refractivity contribution in [2.24, 2.45) is 0 Å². The number of fused-ring (bicyclic) bond motifs is 1. The Morgan fingerprint density at radius 3 is 3.00 bits per heavy atom. The number of carbonyl (C=O) groups excluding carboxylic acids is 1. The maximum Gasteiger partial charge on any atom is 0.275 e. The first kappa shape index (κ1) is 11.9. The molecule has 1 amide bonds. The Morgan fingerprint density at radius 1 is 1.26 bits per heavy atom. The molecule has 2 N–H and O–H groups in total. The predicted molar refractivity (Wildman–Crippen MR) is 78.2 cm³/mol. The lowest BCUT2D eigenvalue weighted by atomic mass is 10.2. The number of aromatic amines is 1. The van der Waals surface area contributed by atoms with Crippen LogP contribution in [0.3, 0.4) is 0 Å². The molecular weight excluding hydrogens is 306 g/mol. The molecule has 4 nitrogen and oxygen atoms in total. The second kappa shape index (κ2) is 4.85. The Hall–Kier alpha value is -2.14. The normalized spacial score (nSPS) is 10.6. The van der Waals surface area contributed by atoms with Gasteiger partial charge in [0.15, 0.2) is 0 Å². The van der Waals surface area contributed by atoms with E-state index in [2.05, 4.69) is 31.2 Å². The molecule has 0 bridgehead atoms. The molecule has 0 atom stereocenters. The molecule has 0 saturated carbocycles. The Bertz CT molecular complexity index is 751. The van der Waals surface area contributed by atoms with Crippen LogP contribution in [0.25, 0.3) is 10.9 Å². The Morgan fingerprint density at radius 2 is 2.16 bits per heavy atom. The highest BCUT2D eigenvalue weighted by atomic mass is 79.9. The lowest BCUT2D eigenvalue weighted by molar-refractivity contribution is 0.102. The molecule has 0 unspecified atom stereocenters. The summed E-state index contributed by atoms with van der Waals surface area (Å²) in [7, 11) is 0. The van der Waals surface area contributed by atoms with Crippen molar-refractivity contribution in [1.29, 1.82) is 0 Å². The molecule has 0 aliphatic heterocycles. The molecule has 2 heterocycles. The highest BCUT2D eigenvalue weighted by molar-refractivity contribution is 9.10. The molecule has 0 aliphatic carbocycles. The van der Waals surface area contributed by atoms with E-state index in [0.717, 1.165) is 16.6 Å². The summed E-state index contributed by atoms with van der Waals surface area (Å²) in [5, 5.41) is 3.89. The van der Waals surface area contributed by atoms with Gasteiger partial charge in [0.25, 0.3) is 5.91 Å². The van der Waals surface area contributed by atoms with E-state index in [1.165, 1.54) is 0 Å². The number of nitrogens with one attached hydrogen (secondary N) is 2. The molecule has 94 valence electrons. The molecule has 3 aromatic rings. The number of amides is 1. The summed E-state index contributed by atoms with van der Waals surface area (Å²) in [6.07, 6.45) is 3.46. The molecule has 3 rings (SSSR count). The van der Waals surface area contributed by atoms with E-state index in [1.54, 1.807) is 18.3 Å². The van der Waals surface area contributed by atoms with Gasteiger partial charge in [-0.3, -0.25) is 4.79 Å². The first-order chi connectivity index (χ1) is 9.24. The van der Waals surface area contributed by atoms with E-state index >= 15 is 0 Å². The van der Waals surface area contributed by atoms with Gasteiger partial charge in [-0.15, -0.1) is 0 Å². The zero-order valence-electron chi connectivity index (χ0n) is 9.85. The van der Waals surface area contributed by atoms with Crippen molar-refractivity contribution in [2.75, 3.05) is 5.32 Å². The zero-order chi connectivity index (χ0) is 13.2. The number of rotatable bonds is 2. The summed E-state index contributed by atoms with van der Waals surface area (Å²) in [6.45, 7) is 0. The lowest BCUT2D eigenvalue weighted by Crippen LogP contribution is -2.14. The van der Waals surface area contributed by atoms with E-state index in [1.807, 2.05) is 30.5 Å². The van der Waals surface area contributed by atoms with Gasteiger partial charge in [0.2, 0.25) is 0 Å². The number of H-pyrrole nitrogens is 1. The van der Waals surface area contributed by atoms with Gasteiger partial charge >= 0.3 is 0 Å². The van der Waals surface area contributed by atoms with Gasteiger partial charge in [0, 0.05) is 33.5 Å². The quantitative estimate of drug-likeness (QED) is 0.759. The van der Waals surface area contributed by atoms with Gasteiger partial charge in [0.1, 0.15) is 5.69 Å². The Balaban J connectivity index is 1.88. The number of aromatic nitrogens is 2. The van der Waals surface area contributed by atoms with E-state index in [-0.39, 0.29) is 5.91 Å². The minimum atomic E-state index is -0.234. The van der Waals surface area contributed by atoms with E-state index < -0.39 is 0 Å². The number of carbonyl (C=O) groups is 1. The fourth-order valence-electron chi connectivity index (χ4n) is 1.87.